The number of ether oxygens (including phenoxy) is 1. The van der Waals surface area contributed by atoms with Gasteiger partial charge in [-0.15, -0.1) is 0 Å². The highest BCUT2D eigenvalue weighted by atomic mass is 79.9. The summed E-state index contributed by atoms with van der Waals surface area (Å²) in [7, 11) is 1.54. The van der Waals surface area contributed by atoms with E-state index in [0.717, 1.165) is 4.47 Å². The number of nitrogens with zero attached hydrogens (tertiary/aromatic N) is 1. The maximum absolute atomic E-state index is 13.0. The van der Waals surface area contributed by atoms with Crippen LogP contribution in [0, 0.1) is 11.7 Å². The Morgan fingerprint density at radius 1 is 1.28 bits per heavy atom. The van der Waals surface area contributed by atoms with Crippen LogP contribution in [0.15, 0.2) is 46.9 Å². The van der Waals surface area contributed by atoms with Gasteiger partial charge in [0.2, 0.25) is 11.8 Å². The average molecular weight is 407 g/mol. The number of amides is 2. The molecule has 2 aromatic carbocycles. The van der Waals surface area contributed by atoms with Crippen molar-refractivity contribution in [2.45, 2.75) is 6.42 Å². The first-order chi connectivity index (χ1) is 12.0. The first-order valence-electron chi connectivity index (χ1n) is 7.68. The lowest BCUT2D eigenvalue weighted by atomic mass is 10.1. The molecule has 2 amide bonds. The number of benzene rings is 2. The molecule has 25 heavy (non-hydrogen) atoms. The summed E-state index contributed by atoms with van der Waals surface area (Å²) in [6, 6.07) is 10.9. The van der Waals surface area contributed by atoms with E-state index in [4.69, 9.17) is 4.74 Å². The minimum absolute atomic E-state index is 0.122. The Kier molecular flexibility index (Phi) is 5.03. The number of hydrogen-bond donors (Lipinski definition) is 1. The van der Waals surface area contributed by atoms with E-state index in [-0.39, 0.29) is 30.6 Å². The molecule has 1 aliphatic rings. The van der Waals surface area contributed by atoms with Crippen LogP contribution in [0.25, 0.3) is 0 Å². The number of halogens is 2. The fraction of sp³-hybridized carbons (Fsp3) is 0.222. The highest BCUT2D eigenvalue weighted by Gasteiger charge is 2.35. The van der Waals surface area contributed by atoms with E-state index in [1.165, 1.54) is 29.2 Å². The van der Waals surface area contributed by atoms with Gasteiger partial charge in [0.05, 0.1) is 17.5 Å². The number of rotatable bonds is 4. The van der Waals surface area contributed by atoms with Gasteiger partial charge in [-0.25, -0.2) is 4.39 Å². The zero-order valence-electron chi connectivity index (χ0n) is 13.5. The second-order valence-electron chi connectivity index (χ2n) is 5.72. The number of anilines is 2. The molecule has 0 aromatic heterocycles. The number of carbonyl (C=O) groups is 2. The van der Waals surface area contributed by atoms with E-state index in [1.807, 2.05) is 0 Å². The van der Waals surface area contributed by atoms with E-state index in [9.17, 15) is 14.0 Å². The smallest absolute Gasteiger partial charge is 0.229 e. The Bertz CT molecular complexity index is 810. The van der Waals surface area contributed by atoms with Crippen molar-refractivity contribution in [1.29, 1.82) is 0 Å². The normalized spacial score (nSPS) is 16.8. The SMILES string of the molecule is COc1cc(NC(=O)[C@H]2CC(=O)N(c3ccc(F)cc3)C2)ccc1Br. The molecule has 5 nitrogen and oxygen atoms in total. The van der Waals surface area contributed by atoms with Crippen molar-refractivity contribution in [2.75, 3.05) is 23.9 Å². The van der Waals surface area contributed by atoms with Crippen LogP contribution in [0.2, 0.25) is 0 Å². The van der Waals surface area contributed by atoms with Gasteiger partial charge in [0, 0.05) is 30.4 Å². The van der Waals surface area contributed by atoms with Crippen molar-refractivity contribution >= 4 is 39.1 Å². The monoisotopic (exact) mass is 406 g/mol. The molecular formula is C18H16BrFN2O3. The molecule has 0 spiro atoms. The second-order valence-corrected chi connectivity index (χ2v) is 6.57. The summed E-state index contributed by atoms with van der Waals surface area (Å²) >= 11 is 3.35. The summed E-state index contributed by atoms with van der Waals surface area (Å²) in [6.07, 6.45) is 0.122. The lowest BCUT2D eigenvalue weighted by Crippen LogP contribution is -2.28. The van der Waals surface area contributed by atoms with Gasteiger partial charge in [-0.2, -0.15) is 0 Å². The summed E-state index contributed by atoms with van der Waals surface area (Å²) in [6.45, 7) is 0.268. The van der Waals surface area contributed by atoms with Crippen LogP contribution in [0.5, 0.6) is 5.75 Å². The van der Waals surface area contributed by atoms with E-state index < -0.39 is 5.92 Å². The van der Waals surface area contributed by atoms with Crippen LogP contribution in [0.4, 0.5) is 15.8 Å². The fourth-order valence-electron chi connectivity index (χ4n) is 2.74. The third-order valence-corrected chi connectivity index (χ3v) is 4.71. The molecule has 1 fully saturated rings. The molecule has 0 aliphatic carbocycles. The lowest BCUT2D eigenvalue weighted by molar-refractivity contribution is -0.122. The van der Waals surface area contributed by atoms with Crippen molar-refractivity contribution in [3.63, 3.8) is 0 Å². The Morgan fingerprint density at radius 3 is 2.68 bits per heavy atom. The van der Waals surface area contributed by atoms with Crippen molar-refractivity contribution < 1.29 is 18.7 Å². The number of nitrogens with one attached hydrogen (secondary N) is 1. The first kappa shape index (κ1) is 17.4. The number of methoxy groups -OCH3 is 1. The molecule has 1 heterocycles. The van der Waals surface area contributed by atoms with Crippen molar-refractivity contribution in [2.24, 2.45) is 5.92 Å². The molecule has 1 saturated heterocycles. The van der Waals surface area contributed by atoms with E-state index in [1.54, 1.807) is 25.3 Å². The summed E-state index contributed by atoms with van der Waals surface area (Å²) in [5, 5.41) is 2.81. The van der Waals surface area contributed by atoms with Gasteiger partial charge in [-0.3, -0.25) is 9.59 Å². The highest BCUT2D eigenvalue weighted by Crippen LogP contribution is 2.29. The highest BCUT2D eigenvalue weighted by molar-refractivity contribution is 9.10. The molecular weight excluding hydrogens is 391 g/mol. The molecule has 1 atom stereocenters. The van der Waals surface area contributed by atoms with E-state index in [2.05, 4.69) is 21.2 Å². The van der Waals surface area contributed by atoms with Crippen LogP contribution in [0.3, 0.4) is 0 Å². The largest absolute Gasteiger partial charge is 0.495 e. The zero-order valence-corrected chi connectivity index (χ0v) is 15.0. The minimum Gasteiger partial charge on any atom is -0.495 e. The van der Waals surface area contributed by atoms with Crippen LogP contribution < -0.4 is 15.0 Å². The van der Waals surface area contributed by atoms with Crippen molar-refractivity contribution in [1.82, 2.24) is 0 Å². The van der Waals surface area contributed by atoms with Gasteiger partial charge in [0.25, 0.3) is 0 Å². The minimum atomic E-state index is -0.466. The van der Waals surface area contributed by atoms with Gasteiger partial charge in [-0.05, 0) is 52.3 Å². The molecule has 0 saturated carbocycles. The predicted octanol–water partition coefficient (Wildman–Crippen LogP) is 3.59. The molecule has 0 bridgehead atoms. The Labute approximate surface area is 152 Å². The van der Waals surface area contributed by atoms with Gasteiger partial charge < -0.3 is 15.0 Å². The van der Waals surface area contributed by atoms with Gasteiger partial charge in [0.15, 0.2) is 0 Å². The molecule has 130 valence electrons. The van der Waals surface area contributed by atoms with E-state index in [0.29, 0.717) is 17.1 Å². The summed E-state index contributed by atoms with van der Waals surface area (Å²) in [5.41, 5.74) is 1.18. The lowest BCUT2D eigenvalue weighted by Gasteiger charge is -2.16. The van der Waals surface area contributed by atoms with Crippen molar-refractivity contribution in [3.8, 4) is 5.75 Å². The third-order valence-electron chi connectivity index (χ3n) is 4.05. The summed E-state index contributed by atoms with van der Waals surface area (Å²) < 4.78 is 19.0. The molecule has 1 aliphatic heterocycles. The van der Waals surface area contributed by atoms with Crippen molar-refractivity contribution in [3.05, 3.63) is 52.8 Å². The molecule has 0 radical (unpaired) electrons. The molecule has 3 rings (SSSR count). The Hall–Kier alpha value is -2.41. The average Bonchev–Trinajstić information content (AvgIpc) is 2.99. The van der Waals surface area contributed by atoms with Crippen LogP contribution in [-0.4, -0.2) is 25.5 Å². The Balaban J connectivity index is 1.69. The molecule has 0 unspecified atom stereocenters. The van der Waals surface area contributed by atoms with Gasteiger partial charge in [-0.1, -0.05) is 0 Å². The first-order valence-corrected chi connectivity index (χ1v) is 8.47. The quantitative estimate of drug-likeness (QED) is 0.843. The number of carbonyl (C=O) groups excluding carboxylic acids is 2. The summed E-state index contributed by atoms with van der Waals surface area (Å²) in [5.74, 6) is -0.614. The maximum atomic E-state index is 13.0. The van der Waals surface area contributed by atoms with E-state index >= 15 is 0 Å². The van der Waals surface area contributed by atoms with Crippen LogP contribution in [-0.2, 0) is 9.59 Å². The zero-order chi connectivity index (χ0) is 18.0. The molecule has 1 N–H and O–H groups in total. The topological polar surface area (TPSA) is 58.6 Å². The number of hydrogen-bond acceptors (Lipinski definition) is 3. The maximum Gasteiger partial charge on any atom is 0.229 e. The standard InChI is InChI=1S/C18H16BrFN2O3/c1-25-16-9-13(4-7-15(16)19)21-18(24)11-8-17(23)22(10-11)14-5-2-12(20)3-6-14/h2-7,9,11H,8,10H2,1H3,(H,21,24)/t11-/m0/s1. The summed E-state index contributed by atoms with van der Waals surface area (Å²) in [4.78, 5) is 26.2. The molecule has 7 heteroatoms. The van der Waals surface area contributed by atoms with Gasteiger partial charge >= 0.3 is 0 Å². The molecule has 2 aromatic rings. The third kappa shape index (κ3) is 3.82. The predicted molar refractivity (Wildman–Crippen MR) is 96.2 cm³/mol. The second kappa shape index (κ2) is 7.23. The Morgan fingerprint density at radius 2 is 2.00 bits per heavy atom. The van der Waals surface area contributed by atoms with Crippen LogP contribution in [0.1, 0.15) is 6.42 Å². The fourth-order valence-corrected chi connectivity index (χ4v) is 3.14. The van der Waals surface area contributed by atoms with Crippen LogP contribution >= 0.6 is 15.9 Å². The van der Waals surface area contributed by atoms with Gasteiger partial charge in [0.1, 0.15) is 11.6 Å².